The minimum atomic E-state index is -0.748. The normalized spacial score (nSPS) is 21.5. The molecular weight excluding hydrogens is 236 g/mol. The molecule has 1 aliphatic carbocycles. The molecule has 1 saturated heterocycles. The summed E-state index contributed by atoms with van der Waals surface area (Å²) < 4.78 is 4.89. The van der Waals surface area contributed by atoms with Crippen LogP contribution >= 0.6 is 0 Å². The molecule has 100 valence electrons. The summed E-state index contributed by atoms with van der Waals surface area (Å²) in [6.07, 6.45) is 3.91. The van der Waals surface area contributed by atoms with Gasteiger partial charge in [-0.05, 0) is 19.3 Å². The Balaban J connectivity index is 1.99. The van der Waals surface area contributed by atoms with Crippen molar-refractivity contribution in [1.29, 1.82) is 0 Å². The second-order valence-electron chi connectivity index (χ2n) is 4.83. The van der Waals surface area contributed by atoms with E-state index in [-0.39, 0.29) is 12.5 Å². The Morgan fingerprint density at radius 2 is 2.06 bits per heavy atom. The van der Waals surface area contributed by atoms with Gasteiger partial charge in [0.1, 0.15) is 12.1 Å². The molecule has 6 nitrogen and oxygen atoms in total. The number of urea groups is 1. The summed E-state index contributed by atoms with van der Waals surface area (Å²) in [5, 5.41) is 2.72. The number of imide groups is 1. The Morgan fingerprint density at radius 1 is 1.39 bits per heavy atom. The highest BCUT2D eigenvalue weighted by molar-refractivity contribution is 6.08. The first kappa shape index (κ1) is 12.9. The summed E-state index contributed by atoms with van der Waals surface area (Å²) in [6.45, 7) is 1.91. The van der Waals surface area contributed by atoms with Crippen LogP contribution in [0.15, 0.2) is 0 Å². The molecule has 2 rings (SSSR count). The number of hydrogen-bond acceptors (Lipinski definition) is 4. The monoisotopic (exact) mass is 254 g/mol. The SMILES string of the molecule is CCCOC(=O)CN1C(=O)NC2(CCCC2)C1=O. The van der Waals surface area contributed by atoms with Crippen LogP contribution in [0.3, 0.4) is 0 Å². The van der Waals surface area contributed by atoms with Gasteiger partial charge in [-0.3, -0.25) is 14.5 Å². The fraction of sp³-hybridized carbons (Fsp3) is 0.750. The second-order valence-corrected chi connectivity index (χ2v) is 4.83. The minimum Gasteiger partial charge on any atom is -0.464 e. The van der Waals surface area contributed by atoms with Gasteiger partial charge in [-0.25, -0.2) is 4.79 Å². The highest BCUT2D eigenvalue weighted by Gasteiger charge is 2.52. The van der Waals surface area contributed by atoms with Gasteiger partial charge in [-0.15, -0.1) is 0 Å². The maximum atomic E-state index is 12.2. The molecule has 0 bridgehead atoms. The lowest BCUT2D eigenvalue weighted by atomic mass is 9.98. The Kier molecular flexibility index (Phi) is 3.54. The van der Waals surface area contributed by atoms with E-state index in [1.165, 1.54) is 0 Å². The van der Waals surface area contributed by atoms with E-state index in [4.69, 9.17) is 4.74 Å². The van der Waals surface area contributed by atoms with Crippen molar-refractivity contribution >= 4 is 17.9 Å². The molecule has 0 radical (unpaired) electrons. The van der Waals surface area contributed by atoms with Crippen LogP contribution in [-0.2, 0) is 14.3 Å². The average Bonchev–Trinajstić information content (AvgIpc) is 2.89. The summed E-state index contributed by atoms with van der Waals surface area (Å²) in [7, 11) is 0. The average molecular weight is 254 g/mol. The summed E-state index contributed by atoms with van der Waals surface area (Å²) in [5.74, 6) is -0.811. The van der Waals surface area contributed by atoms with E-state index < -0.39 is 17.5 Å². The molecule has 0 unspecified atom stereocenters. The van der Waals surface area contributed by atoms with Crippen LogP contribution in [0.2, 0.25) is 0 Å². The number of nitrogens with one attached hydrogen (secondary N) is 1. The third kappa shape index (κ3) is 2.19. The van der Waals surface area contributed by atoms with E-state index in [2.05, 4.69) is 5.32 Å². The Morgan fingerprint density at radius 3 is 2.67 bits per heavy atom. The van der Waals surface area contributed by atoms with Gasteiger partial charge in [0, 0.05) is 0 Å². The van der Waals surface area contributed by atoms with Gasteiger partial charge in [0.2, 0.25) is 0 Å². The predicted molar refractivity (Wildman–Crippen MR) is 62.7 cm³/mol. The Bertz CT molecular complexity index is 374. The molecule has 1 aliphatic heterocycles. The zero-order valence-electron chi connectivity index (χ0n) is 10.5. The largest absolute Gasteiger partial charge is 0.464 e. The number of nitrogens with zero attached hydrogens (tertiary/aromatic N) is 1. The molecule has 2 fully saturated rings. The number of hydrogen-bond donors (Lipinski definition) is 1. The van der Waals surface area contributed by atoms with E-state index in [9.17, 15) is 14.4 Å². The van der Waals surface area contributed by atoms with Gasteiger partial charge in [-0.1, -0.05) is 19.8 Å². The van der Waals surface area contributed by atoms with E-state index >= 15 is 0 Å². The molecule has 0 aromatic rings. The molecule has 1 spiro atoms. The van der Waals surface area contributed by atoms with Crippen LogP contribution in [0.1, 0.15) is 39.0 Å². The van der Waals surface area contributed by atoms with Crippen LogP contribution in [0.25, 0.3) is 0 Å². The minimum absolute atomic E-state index is 0.279. The van der Waals surface area contributed by atoms with Gasteiger partial charge in [0.25, 0.3) is 5.91 Å². The van der Waals surface area contributed by atoms with Crippen molar-refractivity contribution in [2.24, 2.45) is 0 Å². The fourth-order valence-electron chi connectivity index (χ4n) is 2.53. The molecular formula is C12H18N2O4. The van der Waals surface area contributed by atoms with E-state index in [1.807, 2.05) is 6.92 Å². The van der Waals surface area contributed by atoms with Crippen molar-refractivity contribution in [3.8, 4) is 0 Å². The maximum absolute atomic E-state index is 12.2. The van der Waals surface area contributed by atoms with E-state index in [1.54, 1.807) is 0 Å². The molecule has 2 aliphatic rings. The zero-order chi connectivity index (χ0) is 13.2. The second kappa shape index (κ2) is 4.96. The molecule has 1 N–H and O–H groups in total. The van der Waals surface area contributed by atoms with Gasteiger partial charge in [0.15, 0.2) is 0 Å². The number of amides is 3. The van der Waals surface area contributed by atoms with Crippen LogP contribution < -0.4 is 5.32 Å². The quantitative estimate of drug-likeness (QED) is 0.595. The molecule has 3 amide bonds. The molecule has 0 atom stereocenters. The number of carbonyl (C=O) groups excluding carboxylic acids is 3. The van der Waals surface area contributed by atoms with Crippen molar-refractivity contribution in [1.82, 2.24) is 10.2 Å². The molecule has 6 heteroatoms. The van der Waals surface area contributed by atoms with Crippen molar-refractivity contribution in [3.63, 3.8) is 0 Å². The van der Waals surface area contributed by atoms with E-state index in [0.29, 0.717) is 19.4 Å². The summed E-state index contributed by atoms with van der Waals surface area (Å²) in [5.41, 5.74) is -0.748. The zero-order valence-corrected chi connectivity index (χ0v) is 10.5. The van der Waals surface area contributed by atoms with Gasteiger partial charge in [-0.2, -0.15) is 0 Å². The standard InChI is InChI=1S/C12H18N2O4/c1-2-7-18-9(15)8-14-10(16)12(13-11(14)17)5-3-4-6-12/h2-8H2,1H3,(H,13,17). The molecule has 18 heavy (non-hydrogen) atoms. The van der Waals surface area contributed by atoms with Crippen LogP contribution in [0.4, 0.5) is 4.79 Å². The number of esters is 1. The predicted octanol–water partition coefficient (Wildman–Crippen LogP) is 0.804. The molecule has 0 aromatic heterocycles. The lowest BCUT2D eigenvalue weighted by Gasteiger charge is -2.19. The van der Waals surface area contributed by atoms with Gasteiger partial charge in [0.05, 0.1) is 6.61 Å². The number of ether oxygens (including phenoxy) is 1. The lowest BCUT2D eigenvalue weighted by molar-refractivity contribution is -0.147. The first-order valence-corrected chi connectivity index (χ1v) is 6.39. The number of carbonyl (C=O) groups is 3. The van der Waals surface area contributed by atoms with Crippen LogP contribution in [0.5, 0.6) is 0 Å². The first-order chi connectivity index (χ1) is 8.59. The fourth-order valence-corrected chi connectivity index (χ4v) is 2.53. The Hall–Kier alpha value is -1.59. The molecule has 0 aromatic carbocycles. The van der Waals surface area contributed by atoms with Crippen LogP contribution in [-0.4, -0.2) is 41.5 Å². The Labute approximate surface area is 106 Å². The van der Waals surface area contributed by atoms with Crippen molar-refractivity contribution in [2.75, 3.05) is 13.2 Å². The molecule has 1 saturated carbocycles. The lowest BCUT2D eigenvalue weighted by Crippen LogP contribution is -2.44. The van der Waals surface area contributed by atoms with Crippen molar-refractivity contribution in [2.45, 2.75) is 44.6 Å². The highest BCUT2D eigenvalue weighted by atomic mass is 16.5. The first-order valence-electron chi connectivity index (χ1n) is 6.39. The third-order valence-corrected chi connectivity index (χ3v) is 3.46. The van der Waals surface area contributed by atoms with Crippen molar-refractivity contribution in [3.05, 3.63) is 0 Å². The van der Waals surface area contributed by atoms with E-state index in [0.717, 1.165) is 24.2 Å². The summed E-state index contributed by atoms with van der Waals surface area (Å²) in [4.78, 5) is 36.4. The summed E-state index contributed by atoms with van der Waals surface area (Å²) >= 11 is 0. The highest BCUT2D eigenvalue weighted by Crippen LogP contribution is 2.34. The number of rotatable bonds is 4. The van der Waals surface area contributed by atoms with Gasteiger partial charge >= 0.3 is 12.0 Å². The maximum Gasteiger partial charge on any atom is 0.326 e. The van der Waals surface area contributed by atoms with Crippen LogP contribution in [0, 0.1) is 0 Å². The third-order valence-electron chi connectivity index (χ3n) is 3.46. The van der Waals surface area contributed by atoms with Gasteiger partial charge < -0.3 is 10.1 Å². The topological polar surface area (TPSA) is 75.7 Å². The summed E-state index contributed by atoms with van der Waals surface area (Å²) in [6, 6.07) is -0.477. The van der Waals surface area contributed by atoms with Crippen molar-refractivity contribution < 1.29 is 19.1 Å². The smallest absolute Gasteiger partial charge is 0.326 e. The molecule has 1 heterocycles.